The van der Waals surface area contributed by atoms with Gasteiger partial charge < -0.3 is 10.0 Å². The normalized spacial score (nSPS) is 19.4. The summed E-state index contributed by atoms with van der Waals surface area (Å²) in [6, 6.07) is 26.8. The molecule has 1 unspecified atom stereocenters. The van der Waals surface area contributed by atoms with Crippen LogP contribution < -0.4 is 4.90 Å². The van der Waals surface area contributed by atoms with E-state index in [0.717, 1.165) is 38.6 Å². The molecule has 1 atom stereocenters. The van der Waals surface area contributed by atoms with Gasteiger partial charge in [0.15, 0.2) is 0 Å². The van der Waals surface area contributed by atoms with Crippen LogP contribution in [0.4, 0.5) is 5.69 Å². The zero-order chi connectivity index (χ0) is 19.0. The lowest BCUT2D eigenvalue weighted by molar-refractivity contribution is 0.282. The molecule has 2 nitrogen and oxygen atoms in total. The van der Waals surface area contributed by atoms with Crippen LogP contribution in [0.2, 0.25) is 0 Å². The quantitative estimate of drug-likeness (QED) is 0.615. The largest absolute Gasteiger partial charge is 0.396 e. The van der Waals surface area contributed by atoms with E-state index < -0.39 is 0 Å². The van der Waals surface area contributed by atoms with Gasteiger partial charge in [-0.25, -0.2) is 0 Å². The smallest absolute Gasteiger partial charge is 0.0741 e. The molecule has 1 N–H and O–H groups in total. The summed E-state index contributed by atoms with van der Waals surface area (Å²) in [5.74, 6) is 0. The Kier molecular flexibility index (Phi) is 4.44. The van der Waals surface area contributed by atoms with Crippen LogP contribution in [-0.2, 0) is 18.4 Å². The lowest BCUT2D eigenvalue weighted by atomic mass is 9.71. The summed E-state index contributed by atoms with van der Waals surface area (Å²) in [6.07, 6.45) is 5.19. The molecule has 0 saturated carbocycles. The zero-order valence-electron chi connectivity index (χ0n) is 16.3. The van der Waals surface area contributed by atoms with Gasteiger partial charge in [-0.15, -0.1) is 0 Å². The summed E-state index contributed by atoms with van der Waals surface area (Å²) in [5, 5.41) is 9.18. The van der Waals surface area contributed by atoms with Crippen molar-refractivity contribution < 1.29 is 5.11 Å². The average molecular weight is 370 g/mol. The number of aliphatic hydroxyl groups is 1. The van der Waals surface area contributed by atoms with E-state index in [0.29, 0.717) is 0 Å². The van der Waals surface area contributed by atoms with E-state index in [9.17, 15) is 5.11 Å². The van der Waals surface area contributed by atoms with Crippen molar-refractivity contribution >= 4 is 5.69 Å². The minimum atomic E-state index is -0.00610. The monoisotopic (exact) mass is 369 g/mol. The van der Waals surface area contributed by atoms with E-state index in [2.05, 4.69) is 77.7 Å². The minimum absolute atomic E-state index is 0.00610. The molecule has 0 saturated heterocycles. The summed E-state index contributed by atoms with van der Waals surface area (Å²) in [4.78, 5) is 2.68. The highest BCUT2D eigenvalue weighted by Crippen LogP contribution is 2.52. The molecule has 0 fully saturated rings. The Bertz CT molecular complexity index is 995. The number of para-hydroxylation sites is 1. The number of fused-ring (bicyclic) bond motifs is 5. The third kappa shape index (κ3) is 2.67. The SMILES string of the molecule is OCCCCCN1c2ccccc2CC12Cc1ccccc1-c1ccccc12. The molecule has 142 valence electrons. The third-order valence-electron chi connectivity index (χ3n) is 6.54. The van der Waals surface area contributed by atoms with Gasteiger partial charge in [0.05, 0.1) is 5.54 Å². The standard InChI is InChI=1S/C26H27NO/c28-17-9-1-8-16-27-25-15-7-3-11-21(25)19-26(27)18-20-10-2-4-12-22(20)23-13-5-6-14-24(23)26/h2-7,10-15,28H,1,8-9,16-19H2. The molecule has 1 heterocycles. The molecule has 3 aromatic carbocycles. The lowest BCUT2D eigenvalue weighted by Crippen LogP contribution is -2.48. The molecule has 28 heavy (non-hydrogen) atoms. The van der Waals surface area contributed by atoms with Crippen LogP contribution in [-0.4, -0.2) is 18.3 Å². The molecule has 0 amide bonds. The molecule has 1 aliphatic heterocycles. The second kappa shape index (κ2) is 7.10. The summed E-state index contributed by atoms with van der Waals surface area (Å²) < 4.78 is 0. The molecule has 2 aliphatic rings. The molecular formula is C26H27NO. The van der Waals surface area contributed by atoms with Crippen LogP contribution >= 0.6 is 0 Å². The summed E-state index contributed by atoms with van der Waals surface area (Å²) in [7, 11) is 0. The van der Waals surface area contributed by atoms with Crippen molar-refractivity contribution in [3.63, 3.8) is 0 Å². The summed E-state index contributed by atoms with van der Waals surface area (Å²) in [5.41, 5.74) is 8.53. The van der Waals surface area contributed by atoms with E-state index in [1.165, 1.54) is 33.5 Å². The van der Waals surface area contributed by atoms with Crippen molar-refractivity contribution in [1.29, 1.82) is 0 Å². The maximum Gasteiger partial charge on any atom is 0.0741 e. The number of hydrogen-bond acceptors (Lipinski definition) is 2. The first-order valence-electron chi connectivity index (χ1n) is 10.5. The van der Waals surface area contributed by atoms with E-state index in [1.807, 2.05) is 0 Å². The maximum absolute atomic E-state index is 9.18. The van der Waals surface area contributed by atoms with Crippen molar-refractivity contribution in [3.05, 3.63) is 89.5 Å². The number of anilines is 1. The van der Waals surface area contributed by atoms with E-state index in [1.54, 1.807) is 0 Å². The predicted octanol–water partition coefficient (Wildman–Crippen LogP) is 5.33. The van der Waals surface area contributed by atoms with Gasteiger partial charge in [-0.05, 0) is 53.1 Å². The molecular weight excluding hydrogens is 342 g/mol. The van der Waals surface area contributed by atoms with Crippen molar-refractivity contribution in [1.82, 2.24) is 0 Å². The zero-order valence-corrected chi connectivity index (χ0v) is 16.3. The van der Waals surface area contributed by atoms with Crippen molar-refractivity contribution in [2.75, 3.05) is 18.1 Å². The van der Waals surface area contributed by atoms with Gasteiger partial charge in [0.25, 0.3) is 0 Å². The number of aliphatic hydroxyl groups excluding tert-OH is 1. The van der Waals surface area contributed by atoms with Gasteiger partial charge >= 0.3 is 0 Å². The molecule has 3 aromatic rings. The van der Waals surface area contributed by atoms with E-state index in [-0.39, 0.29) is 12.1 Å². The topological polar surface area (TPSA) is 23.5 Å². The van der Waals surface area contributed by atoms with Gasteiger partial charge in [-0.2, -0.15) is 0 Å². The maximum atomic E-state index is 9.18. The second-order valence-electron chi connectivity index (χ2n) is 8.15. The molecule has 0 radical (unpaired) electrons. The number of rotatable bonds is 5. The first-order valence-corrected chi connectivity index (χ1v) is 10.5. The van der Waals surface area contributed by atoms with Crippen molar-refractivity contribution in [2.45, 2.75) is 37.6 Å². The van der Waals surface area contributed by atoms with Crippen molar-refractivity contribution in [3.8, 4) is 11.1 Å². The van der Waals surface area contributed by atoms with Gasteiger partial charge in [-0.1, -0.05) is 66.7 Å². The fraction of sp³-hybridized carbons (Fsp3) is 0.308. The van der Waals surface area contributed by atoms with Gasteiger partial charge in [0, 0.05) is 31.7 Å². The Balaban J connectivity index is 1.63. The lowest BCUT2D eigenvalue weighted by Gasteiger charge is -2.45. The highest BCUT2D eigenvalue weighted by Gasteiger charge is 2.48. The van der Waals surface area contributed by atoms with Crippen LogP contribution in [0.25, 0.3) is 11.1 Å². The molecule has 2 heteroatoms. The third-order valence-corrected chi connectivity index (χ3v) is 6.54. The Labute approximate surface area is 167 Å². The minimum Gasteiger partial charge on any atom is -0.396 e. The summed E-state index contributed by atoms with van der Waals surface area (Å²) in [6.45, 7) is 1.32. The van der Waals surface area contributed by atoms with Gasteiger partial charge in [0.1, 0.15) is 0 Å². The van der Waals surface area contributed by atoms with Crippen LogP contribution in [0.5, 0.6) is 0 Å². The number of unbranched alkanes of at least 4 members (excludes halogenated alkanes) is 2. The van der Waals surface area contributed by atoms with Crippen LogP contribution in [0.15, 0.2) is 72.8 Å². The summed E-state index contributed by atoms with van der Waals surface area (Å²) >= 11 is 0. The molecule has 1 aliphatic carbocycles. The first kappa shape index (κ1) is 17.5. The highest BCUT2D eigenvalue weighted by molar-refractivity contribution is 5.78. The van der Waals surface area contributed by atoms with E-state index >= 15 is 0 Å². The van der Waals surface area contributed by atoms with Gasteiger partial charge in [-0.3, -0.25) is 0 Å². The Morgan fingerprint density at radius 1 is 0.714 bits per heavy atom. The van der Waals surface area contributed by atoms with Crippen LogP contribution in [0, 0.1) is 0 Å². The number of hydrogen-bond donors (Lipinski definition) is 1. The van der Waals surface area contributed by atoms with Crippen LogP contribution in [0.3, 0.4) is 0 Å². The van der Waals surface area contributed by atoms with E-state index in [4.69, 9.17) is 0 Å². The molecule has 5 rings (SSSR count). The number of benzene rings is 3. The molecule has 0 bridgehead atoms. The second-order valence-corrected chi connectivity index (χ2v) is 8.15. The Hall–Kier alpha value is -2.58. The first-order chi connectivity index (χ1) is 13.8. The molecule has 0 aromatic heterocycles. The Morgan fingerprint density at radius 3 is 2.25 bits per heavy atom. The van der Waals surface area contributed by atoms with Gasteiger partial charge in [0.2, 0.25) is 0 Å². The highest BCUT2D eigenvalue weighted by atomic mass is 16.2. The van der Waals surface area contributed by atoms with Crippen LogP contribution in [0.1, 0.15) is 36.0 Å². The van der Waals surface area contributed by atoms with Crippen molar-refractivity contribution in [2.24, 2.45) is 0 Å². The number of nitrogens with zero attached hydrogens (tertiary/aromatic N) is 1. The predicted molar refractivity (Wildman–Crippen MR) is 116 cm³/mol. The fourth-order valence-electron chi connectivity index (χ4n) is 5.33. The fourth-order valence-corrected chi connectivity index (χ4v) is 5.33. The Morgan fingerprint density at radius 2 is 1.39 bits per heavy atom. The molecule has 1 spiro atoms. The average Bonchev–Trinajstić information content (AvgIpc) is 3.05.